The number of rotatable bonds is 5. The summed E-state index contributed by atoms with van der Waals surface area (Å²) in [4.78, 5) is 23.2. The van der Waals surface area contributed by atoms with Gasteiger partial charge in [-0.2, -0.15) is 15.0 Å². The second-order valence-electron chi connectivity index (χ2n) is 7.18. The molecule has 3 aromatic rings. The molecule has 1 fully saturated rings. The Hall–Kier alpha value is -3.29. The van der Waals surface area contributed by atoms with Crippen molar-refractivity contribution >= 4 is 11.9 Å². The van der Waals surface area contributed by atoms with Crippen molar-refractivity contribution in [2.24, 2.45) is 0 Å². The van der Waals surface area contributed by atoms with Crippen LogP contribution in [0, 0.1) is 13.8 Å². The van der Waals surface area contributed by atoms with Crippen LogP contribution < -0.4 is 10.6 Å². The highest BCUT2D eigenvalue weighted by Crippen LogP contribution is 2.23. The fourth-order valence-electron chi connectivity index (χ4n) is 3.53. The van der Waals surface area contributed by atoms with Crippen LogP contribution in [0.25, 0.3) is 5.69 Å². The van der Waals surface area contributed by atoms with Gasteiger partial charge in [-0.15, -0.1) is 0 Å². The van der Waals surface area contributed by atoms with E-state index in [1.54, 1.807) is 24.8 Å². The van der Waals surface area contributed by atoms with E-state index in [-0.39, 0.29) is 18.0 Å². The van der Waals surface area contributed by atoms with Crippen LogP contribution in [0.5, 0.6) is 0 Å². The molecule has 0 spiro atoms. The first-order chi connectivity index (χ1) is 13.6. The third kappa shape index (κ3) is 3.85. The molecule has 8 nitrogen and oxygen atoms in total. The summed E-state index contributed by atoms with van der Waals surface area (Å²) in [6.07, 6.45) is 9.68. The highest BCUT2D eigenvalue weighted by atomic mass is 16.1. The Balaban J connectivity index is 1.51. The number of hydrogen-bond donors (Lipinski definition) is 2. The highest BCUT2D eigenvalue weighted by molar-refractivity contribution is 5.98. The summed E-state index contributed by atoms with van der Waals surface area (Å²) in [5, 5.41) is 14.9. The van der Waals surface area contributed by atoms with Gasteiger partial charge in [-0.3, -0.25) is 4.79 Å². The van der Waals surface area contributed by atoms with Gasteiger partial charge in [0.25, 0.3) is 5.91 Å². The third-order valence-electron chi connectivity index (χ3n) is 4.96. The lowest BCUT2D eigenvalue weighted by Crippen LogP contribution is -2.43. The van der Waals surface area contributed by atoms with E-state index in [1.165, 1.54) is 4.80 Å². The predicted molar refractivity (Wildman–Crippen MR) is 105 cm³/mol. The average molecular weight is 377 g/mol. The molecule has 1 amide bonds. The minimum atomic E-state index is -0.125. The SMILES string of the molecule is Cc1cnc(N[C@H]2CCC[C@@H]2NC(=O)c2cc(C)ccc2-n2nccn2)nc1. The van der Waals surface area contributed by atoms with E-state index >= 15 is 0 Å². The molecule has 2 atom stereocenters. The standard InChI is InChI=1S/C20H23N7O/c1-13-6-7-18(27-23-8-9-24-27)15(10-13)19(28)25-16-4-3-5-17(16)26-20-21-11-14(2)12-22-20/h6-12,16-17H,3-5H2,1-2H3,(H,25,28)(H,21,22,26)/t16-,17-/m0/s1. The number of carbonyl (C=O) groups is 1. The van der Waals surface area contributed by atoms with Crippen LogP contribution in [0.2, 0.25) is 0 Å². The molecule has 28 heavy (non-hydrogen) atoms. The van der Waals surface area contributed by atoms with E-state index in [9.17, 15) is 4.79 Å². The van der Waals surface area contributed by atoms with Gasteiger partial charge in [0.15, 0.2) is 0 Å². The van der Waals surface area contributed by atoms with Crippen LogP contribution in [0.3, 0.4) is 0 Å². The number of amides is 1. The monoisotopic (exact) mass is 377 g/mol. The molecule has 8 heteroatoms. The maximum absolute atomic E-state index is 13.1. The van der Waals surface area contributed by atoms with Gasteiger partial charge in [0, 0.05) is 24.5 Å². The Labute approximate surface area is 163 Å². The molecule has 2 heterocycles. The number of aromatic nitrogens is 5. The molecule has 0 saturated heterocycles. The first-order valence-corrected chi connectivity index (χ1v) is 9.43. The Kier molecular flexibility index (Phi) is 5.01. The zero-order valence-electron chi connectivity index (χ0n) is 16.0. The van der Waals surface area contributed by atoms with E-state index < -0.39 is 0 Å². The molecule has 0 bridgehead atoms. The average Bonchev–Trinajstić information content (AvgIpc) is 3.36. The fourth-order valence-corrected chi connectivity index (χ4v) is 3.53. The first-order valence-electron chi connectivity index (χ1n) is 9.43. The highest BCUT2D eigenvalue weighted by Gasteiger charge is 2.30. The van der Waals surface area contributed by atoms with E-state index in [1.807, 2.05) is 32.0 Å². The first kappa shape index (κ1) is 18.1. The van der Waals surface area contributed by atoms with Crippen molar-refractivity contribution in [3.63, 3.8) is 0 Å². The van der Waals surface area contributed by atoms with Crippen LogP contribution in [0.1, 0.15) is 40.7 Å². The van der Waals surface area contributed by atoms with Crippen LogP contribution in [-0.2, 0) is 0 Å². The maximum Gasteiger partial charge on any atom is 0.253 e. The number of nitrogens with zero attached hydrogens (tertiary/aromatic N) is 5. The zero-order valence-corrected chi connectivity index (χ0v) is 16.0. The lowest BCUT2D eigenvalue weighted by molar-refractivity contribution is 0.0935. The van der Waals surface area contributed by atoms with E-state index in [2.05, 4.69) is 30.8 Å². The smallest absolute Gasteiger partial charge is 0.253 e. The van der Waals surface area contributed by atoms with Gasteiger partial charge >= 0.3 is 0 Å². The molecule has 1 aliphatic rings. The summed E-state index contributed by atoms with van der Waals surface area (Å²) in [6.45, 7) is 3.92. The number of benzene rings is 1. The quantitative estimate of drug-likeness (QED) is 0.709. The van der Waals surface area contributed by atoms with Gasteiger partial charge in [-0.05, 0) is 50.8 Å². The van der Waals surface area contributed by atoms with E-state index in [0.717, 1.165) is 30.4 Å². The molecule has 0 unspecified atom stereocenters. The van der Waals surface area contributed by atoms with Crippen molar-refractivity contribution in [1.29, 1.82) is 0 Å². The van der Waals surface area contributed by atoms with E-state index in [0.29, 0.717) is 17.2 Å². The van der Waals surface area contributed by atoms with Crippen LogP contribution in [0.4, 0.5) is 5.95 Å². The Morgan fingerprint density at radius 1 is 1.04 bits per heavy atom. The molecule has 0 aliphatic heterocycles. The molecule has 1 aliphatic carbocycles. The van der Waals surface area contributed by atoms with Crippen LogP contribution in [0.15, 0.2) is 43.0 Å². The van der Waals surface area contributed by atoms with Crippen LogP contribution >= 0.6 is 0 Å². The van der Waals surface area contributed by atoms with Crippen LogP contribution in [-0.4, -0.2) is 43.0 Å². The van der Waals surface area contributed by atoms with Gasteiger partial charge in [-0.1, -0.05) is 11.6 Å². The fraction of sp³-hybridized carbons (Fsp3) is 0.350. The van der Waals surface area contributed by atoms with Crippen molar-refractivity contribution in [1.82, 2.24) is 30.3 Å². The summed E-state index contributed by atoms with van der Waals surface area (Å²) in [5.74, 6) is 0.466. The Morgan fingerprint density at radius 3 is 2.50 bits per heavy atom. The topological polar surface area (TPSA) is 97.6 Å². The van der Waals surface area contributed by atoms with Crippen molar-refractivity contribution in [3.05, 3.63) is 59.7 Å². The zero-order chi connectivity index (χ0) is 19.5. The maximum atomic E-state index is 13.1. The van der Waals surface area contributed by atoms with Crippen molar-refractivity contribution in [2.45, 2.75) is 45.2 Å². The predicted octanol–water partition coefficient (Wildman–Crippen LogP) is 2.44. The van der Waals surface area contributed by atoms with E-state index in [4.69, 9.17) is 0 Å². The number of carbonyl (C=O) groups excluding carboxylic acids is 1. The molecular formula is C20H23N7O. The summed E-state index contributed by atoms with van der Waals surface area (Å²) in [6, 6.07) is 5.80. The normalized spacial score (nSPS) is 18.8. The van der Waals surface area contributed by atoms with Gasteiger partial charge in [0.2, 0.25) is 5.95 Å². The van der Waals surface area contributed by atoms with Gasteiger partial charge in [0.05, 0.1) is 23.6 Å². The molecule has 0 radical (unpaired) electrons. The Morgan fingerprint density at radius 2 is 1.75 bits per heavy atom. The van der Waals surface area contributed by atoms with Crippen molar-refractivity contribution in [2.75, 3.05) is 5.32 Å². The molecule has 1 saturated carbocycles. The number of anilines is 1. The molecular weight excluding hydrogens is 354 g/mol. The Bertz CT molecular complexity index is 953. The molecule has 144 valence electrons. The van der Waals surface area contributed by atoms with Gasteiger partial charge in [0.1, 0.15) is 0 Å². The number of nitrogens with one attached hydrogen (secondary N) is 2. The van der Waals surface area contributed by atoms with Gasteiger partial charge < -0.3 is 10.6 Å². The third-order valence-corrected chi connectivity index (χ3v) is 4.96. The molecule has 4 rings (SSSR count). The summed E-state index contributed by atoms with van der Waals surface area (Å²) in [5.41, 5.74) is 3.25. The lowest BCUT2D eigenvalue weighted by Gasteiger charge is -2.22. The summed E-state index contributed by atoms with van der Waals surface area (Å²) in [7, 11) is 0. The summed E-state index contributed by atoms with van der Waals surface area (Å²) >= 11 is 0. The van der Waals surface area contributed by atoms with Crippen molar-refractivity contribution < 1.29 is 4.79 Å². The second-order valence-corrected chi connectivity index (χ2v) is 7.18. The largest absolute Gasteiger partial charge is 0.349 e. The molecule has 2 N–H and O–H groups in total. The van der Waals surface area contributed by atoms with Gasteiger partial charge in [-0.25, -0.2) is 9.97 Å². The minimum Gasteiger partial charge on any atom is -0.349 e. The summed E-state index contributed by atoms with van der Waals surface area (Å²) < 4.78 is 0. The van der Waals surface area contributed by atoms with Crippen molar-refractivity contribution in [3.8, 4) is 5.69 Å². The molecule has 2 aromatic heterocycles. The number of aryl methyl sites for hydroxylation is 2. The molecule has 1 aromatic carbocycles. The lowest BCUT2D eigenvalue weighted by atomic mass is 10.1. The minimum absolute atomic E-state index is 0.0105. The second kappa shape index (κ2) is 7.75. The number of hydrogen-bond acceptors (Lipinski definition) is 6.